The summed E-state index contributed by atoms with van der Waals surface area (Å²) in [4.78, 5) is 4.31. The Balaban J connectivity index is 2.39. The fraction of sp³-hybridized carbons (Fsp3) is 0.381. The molecule has 0 saturated heterocycles. The van der Waals surface area contributed by atoms with E-state index in [-0.39, 0.29) is 0 Å². The van der Waals surface area contributed by atoms with Crippen molar-refractivity contribution in [3.63, 3.8) is 0 Å². The van der Waals surface area contributed by atoms with E-state index in [1.54, 1.807) is 0 Å². The Labute approximate surface area is 142 Å². The second-order valence-electron chi connectivity index (χ2n) is 6.19. The predicted molar refractivity (Wildman–Crippen MR) is 102 cm³/mol. The summed E-state index contributed by atoms with van der Waals surface area (Å²) in [6, 6.07) is 16.5. The highest BCUT2D eigenvalue weighted by Crippen LogP contribution is 2.26. The molecule has 120 valence electrons. The minimum absolute atomic E-state index is 0.337. The molecule has 1 nitrogen and oxygen atoms in total. The van der Waals surface area contributed by atoms with Crippen LogP contribution in [0.2, 0.25) is 18.1 Å². The number of hydrogen-bond donors (Lipinski definition) is 0. The molecule has 2 heteroatoms. The first-order valence-electron chi connectivity index (χ1n) is 8.67. The number of benzene rings is 1. The second kappa shape index (κ2) is 8.13. The molecular weight excluding hydrogens is 294 g/mol. The summed E-state index contributed by atoms with van der Waals surface area (Å²) in [5.74, 6) is 3.84. The number of rotatable bonds is 5. The lowest BCUT2D eigenvalue weighted by molar-refractivity contribution is 0.913. The highest BCUT2D eigenvalue weighted by atomic mass is 28.3. The molecule has 23 heavy (non-hydrogen) atoms. The van der Waals surface area contributed by atoms with Gasteiger partial charge >= 0.3 is 0 Å². The van der Waals surface area contributed by atoms with Gasteiger partial charge in [-0.2, -0.15) is 0 Å². The zero-order valence-electron chi connectivity index (χ0n) is 14.8. The van der Waals surface area contributed by atoms with Gasteiger partial charge in [0.2, 0.25) is 0 Å². The quantitative estimate of drug-likeness (QED) is 0.513. The van der Waals surface area contributed by atoms with E-state index in [0.29, 0.717) is 5.92 Å². The van der Waals surface area contributed by atoms with E-state index in [2.05, 4.69) is 80.5 Å². The predicted octanol–water partition coefficient (Wildman–Crippen LogP) is 5.63. The molecule has 0 aliphatic carbocycles. The number of aromatic nitrogens is 1. The highest BCUT2D eigenvalue weighted by Gasteiger charge is 2.24. The summed E-state index contributed by atoms with van der Waals surface area (Å²) >= 11 is 0. The molecule has 1 atom stereocenters. The molecule has 0 bridgehead atoms. The van der Waals surface area contributed by atoms with Gasteiger partial charge in [-0.3, -0.25) is 4.98 Å². The molecule has 0 fully saturated rings. The fourth-order valence-electron chi connectivity index (χ4n) is 3.02. The lowest BCUT2D eigenvalue weighted by Gasteiger charge is -2.20. The first-order valence-corrected chi connectivity index (χ1v) is 11.3. The van der Waals surface area contributed by atoms with Crippen molar-refractivity contribution in [2.45, 2.75) is 51.7 Å². The summed E-state index contributed by atoms with van der Waals surface area (Å²) < 4.78 is 0. The Morgan fingerprint density at radius 3 is 2.26 bits per heavy atom. The smallest absolute Gasteiger partial charge is 0.138 e. The van der Waals surface area contributed by atoms with Crippen LogP contribution in [0.25, 0.3) is 0 Å². The Bertz CT molecular complexity index is 669. The summed E-state index contributed by atoms with van der Waals surface area (Å²) in [5.41, 5.74) is 7.40. The molecule has 0 unspecified atom stereocenters. The van der Waals surface area contributed by atoms with Crippen LogP contribution in [-0.4, -0.2) is 13.1 Å². The molecule has 2 rings (SSSR count). The highest BCUT2D eigenvalue weighted by molar-refractivity contribution is 6.87. The van der Waals surface area contributed by atoms with Crippen LogP contribution in [0.3, 0.4) is 0 Å². The molecular formula is C21H27NSi. The molecule has 0 radical (unpaired) electrons. The Morgan fingerprint density at radius 1 is 1.00 bits per heavy atom. The fourth-order valence-corrected chi connectivity index (χ4v) is 5.45. The average Bonchev–Trinajstić information content (AvgIpc) is 2.64. The van der Waals surface area contributed by atoms with Crippen molar-refractivity contribution in [2.75, 3.05) is 0 Å². The van der Waals surface area contributed by atoms with Gasteiger partial charge in [-0.05, 0) is 35.3 Å². The van der Waals surface area contributed by atoms with Gasteiger partial charge in [-0.1, -0.05) is 63.9 Å². The van der Waals surface area contributed by atoms with Gasteiger partial charge in [-0.15, -0.1) is 5.54 Å². The molecule has 0 aliphatic rings. The molecule has 1 aromatic carbocycles. The number of hydrogen-bond acceptors (Lipinski definition) is 1. The van der Waals surface area contributed by atoms with Gasteiger partial charge in [0.25, 0.3) is 0 Å². The maximum atomic E-state index is 4.31. The van der Waals surface area contributed by atoms with Gasteiger partial charge in [0.15, 0.2) is 0 Å². The van der Waals surface area contributed by atoms with E-state index in [1.807, 2.05) is 12.4 Å². The minimum atomic E-state index is -1.43. The summed E-state index contributed by atoms with van der Waals surface area (Å²) in [6.45, 7) is 9.14. The number of pyridine rings is 1. The van der Waals surface area contributed by atoms with E-state index in [9.17, 15) is 0 Å². The zero-order valence-corrected chi connectivity index (χ0v) is 15.8. The van der Waals surface area contributed by atoms with E-state index in [0.717, 1.165) is 5.56 Å². The zero-order chi connectivity index (χ0) is 16.7. The van der Waals surface area contributed by atoms with Crippen LogP contribution >= 0.6 is 0 Å². The van der Waals surface area contributed by atoms with Crippen molar-refractivity contribution in [3.05, 3.63) is 65.5 Å². The third-order valence-corrected chi connectivity index (χ3v) is 9.83. The van der Waals surface area contributed by atoms with Crippen LogP contribution in [-0.2, 0) is 0 Å². The van der Waals surface area contributed by atoms with Crippen molar-refractivity contribution in [1.29, 1.82) is 0 Å². The van der Waals surface area contributed by atoms with Gasteiger partial charge in [0, 0.05) is 23.9 Å². The van der Waals surface area contributed by atoms with Crippen LogP contribution in [0.15, 0.2) is 48.8 Å². The molecule has 1 aromatic heterocycles. The standard InChI is InChI=1S/C21H27NSi/c1-5-23(6-2,7-3)16-14-20-17-22-15-13-21(20)18(4)19-11-9-8-10-12-19/h8-13,15,17-18H,5-7H2,1-4H3/t18-/m0/s1. The molecule has 0 aliphatic heterocycles. The van der Waals surface area contributed by atoms with Crippen molar-refractivity contribution in [2.24, 2.45) is 0 Å². The molecule has 0 N–H and O–H groups in total. The van der Waals surface area contributed by atoms with Crippen molar-refractivity contribution in [3.8, 4) is 11.5 Å². The first kappa shape index (κ1) is 17.5. The van der Waals surface area contributed by atoms with E-state index >= 15 is 0 Å². The van der Waals surface area contributed by atoms with Crippen LogP contribution in [0, 0.1) is 11.5 Å². The normalized spacial score (nSPS) is 12.3. The van der Waals surface area contributed by atoms with E-state index in [1.165, 1.54) is 29.3 Å². The number of nitrogens with zero attached hydrogens (tertiary/aromatic N) is 1. The van der Waals surface area contributed by atoms with Crippen molar-refractivity contribution >= 4 is 8.07 Å². The molecule has 0 saturated carbocycles. The first-order chi connectivity index (χ1) is 11.2. The van der Waals surface area contributed by atoms with Gasteiger partial charge in [0.1, 0.15) is 8.07 Å². The van der Waals surface area contributed by atoms with Crippen LogP contribution in [0.5, 0.6) is 0 Å². The van der Waals surface area contributed by atoms with Gasteiger partial charge in [-0.25, -0.2) is 0 Å². The maximum Gasteiger partial charge on any atom is 0.138 e. The monoisotopic (exact) mass is 321 g/mol. The Morgan fingerprint density at radius 2 is 1.65 bits per heavy atom. The lowest BCUT2D eigenvalue weighted by Crippen LogP contribution is -2.29. The SMILES string of the molecule is CC[Si](C#Cc1cnccc1[C@@H](C)c1ccccc1)(CC)CC. The van der Waals surface area contributed by atoms with Crippen LogP contribution in [0.1, 0.15) is 50.3 Å². The summed E-state index contributed by atoms with van der Waals surface area (Å²) in [6.07, 6.45) is 3.81. The topological polar surface area (TPSA) is 12.9 Å². The summed E-state index contributed by atoms with van der Waals surface area (Å²) in [5, 5.41) is 0. The van der Waals surface area contributed by atoms with Crippen molar-refractivity contribution in [1.82, 2.24) is 4.98 Å². The largest absolute Gasteiger partial charge is 0.263 e. The minimum Gasteiger partial charge on any atom is -0.263 e. The molecule has 1 heterocycles. The molecule has 0 amide bonds. The molecule has 0 spiro atoms. The van der Waals surface area contributed by atoms with Gasteiger partial charge < -0.3 is 0 Å². The molecule has 2 aromatic rings. The van der Waals surface area contributed by atoms with Crippen LogP contribution in [0.4, 0.5) is 0 Å². The van der Waals surface area contributed by atoms with Gasteiger partial charge in [0.05, 0.1) is 0 Å². The average molecular weight is 322 g/mol. The van der Waals surface area contributed by atoms with E-state index in [4.69, 9.17) is 0 Å². The van der Waals surface area contributed by atoms with Crippen molar-refractivity contribution < 1.29 is 0 Å². The Kier molecular flexibility index (Phi) is 6.18. The maximum absolute atomic E-state index is 4.31. The third kappa shape index (κ3) is 4.12. The Hall–Kier alpha value is -1.85. The van der Waals surface area contributed by atoms with E-state index < -0.39 is 8.07 Å². The summed E-state index contributed by atoms with van der Waals surface area (Å²) in [7, 11) is -1.43. The lowest BCUT2D eigenvalue weighted by atomic mass is 9.91. The second-order valence-corrected chi connectivity index (χ2v) is 11.1. The third-order valence-electron chi connectivity index (χ3n) is 5.11. The van der Waals surface area contributed by atoms with Crippen LogP contribution < -0.4 is 0 Å².